The van der Waals surface area contributed by atoms with Gasteiger partial charge in [0, 0.05) is 49.1 Å². The Morgan fingerprint density at radius 2 is 1.97 bits per heavy atom. The van der Waals surface area contributed by atoms with Crippen molar-refractivity contribution in [3.8, 4) is 17.1 Å². The predicted octanol–water partition coefficient (Wildman–Crippen LogP) is 3.60. The van der Waals surface area contributed by atoms with Crippen molar-refractivity contribution in [1.29, 1.82) is 0 Å². The number of aliphatic hydroxyl groups excluding tert-OH is 1. The molecule has 0 aliphatic carbocycles. The van der Waals surface area contributed by atoms with Crippen LogP contribution in [0.5, 0.6) is 5.75 Å². The minimum atomic E-state index is -0.480. The third-order valence-electron chi connectivity index (χ3n) is 6.00. The summed E-state index contributed by atoms with van der Waals surface area (Å²) in [6.45, 7) is 2.36. The topological polar surface area (TPSA) is 63.4 Å². The quantitative estimate of drug-likeness (QED) is 0.714. The Labute approximate surface area is 174 Å². The molecule has 1 N–H and O–H groups in total. The highest BCUT2D eigenvalue weighted by Gasteiger charge is 2.45. The van der Waals surface area contributed by atoms with Crippen LogP contribution < -0.4 is 4.74 Å². The molecule has 0 saturated carbocycles. The summed E-state index contributed by atoms with van der Waals surface area (Å²) in [4.78, 5) is 2.33. The van der Waals surface area contributed by atoms with Gasteiger partial charge in [-0.2, -0.15) is 0 Å². The third-order valence-corrected chi connectivity index (χ3v) is 6.25. The Morgan fingerprint density at radius 3 is 2.79 bits per heavy atom. The maximum absolute atomic E-state index is 10.6. The van der Waals surface area contributed by atoms with Crippen molar-refractivity contribution in [2.45, 2.75) is 31.1 Å². The van der Waals surface area contributed by atoms with E-state index in [2.05, 4.69) is 15.1 Å². The van der Waals surface area contributed by atoms with Crippen LogP contribution in [0.15, 0.2) is 48.5 Å². The summed E-state index contributed by atoms with van der Waals surface area (Å²) >= 11 is 5.99. The molecule has 5 rings (SSSR count). The Hall–Kier alpha value is -2.41. The molecule has 1 saturated heterocycles. The normalized spacial score (nSPS) is 23.9. The number of likely N-dealkylation sites (tertiary alicyclic amines) is 1. The van der Waals surface area contributed by atoms with Crippen LogP contribution in [0.1, 0.15) is 30.3 Å². The van der Waals surface area contributed by atoms with Crippen LogP contribution >= 0.6 is 11.6 Å². The number of ether oxygens (including phenoxy) is 1. The van der Waals surface area contributed by atoms with Gasteiger partial charge in [0.1, 0.15) is 17.2 Å². The van der Waals surface area contributed by atoms with Crippen molar-refractivity contribution < 1.29 is 9.84 Å². The summed E-state index contributed by atoms with van der Waals surface area (Å²) in [6, 6.07) is 15.4. The highest BCUT2D eigenvalue weighted by atomic mass is 35.5. The molecule has 29 heavy (non-hydrogen) atoms. The number of hydrogen-bond donors (Lipinski definition) is 1. The maximum atomic E-state index is 10.6. The lowest BCUT2D eigenvalue weighted by atomic mass is 9.88. The van der Waals surface area contributed by atoms with E-state index >= 15 is 0 Å². The minimum absolute atomic E-state index is 0.342. The molecular formula is C22H23ClN4O2. The van der Waals surface area contributed by atoms with Gasteiger partial charge in [0.15, 0.2) is 5.82 Å². The van der Waals surface area contributed by atoms with Crippen molar-refractivity contribution >= 4 is 11.6 Å². The first kappa shape index (κ1) is 18.6. The molecule has 0 bridgehead atoms. The number of aliphatic hydroxyl groups is 1. The summed E-state index contributed by atoms with van der Waals surface area (Å²) in [6.07, 6.45) is 1.03. The van der Waals surface area contributed by atoms with Crippen molar-refractivity contribution in [3.05, 3.63) is 64.9 Å². The van der Waals surface area contributed by atoms with E-state index in [1.165, 1.54) is 0 Å². The number of halogens is 1. The molecule has 1 spiro atoms. The lowest BCUT2D eigenvalue weighted by Crippen LogP contribution is -2.43. The summed E-state index contributed by atoms with van der Waals surface area (Å²) in [5.74, 6) is 2.53. The second-order valence-corrected chi connectivity index (χ2v) is 8.45. The highest BCUT2D eigenvalue weighted by Crippen LogP contribution is 2.43. The second kappa shape index (κ2) is 7.13. The fourth-order valence-corrected chi connectivity index (χ4v) is 4.57. The molecule has 7 heteroatoms. The van der Waals surface area contributed by atoms with Gasteiger partial charge < -0.3 is 14.4 Å². The van der Waals surface area contributed by atoms with E-state index in [0.29, 0.717) is 18.0 Å². The van der Waals surface area contributed by atoms with Gasteiger partial charge in [0.05, 0.1) is 12.6 Å². The Kier molecular flexibility index (Phi) is 4.57. The molecule has 2 aliphatic heterocycles. The lowest BCUT2D eigenvalue weighted by Gasteiger charge is -2.38. The van der Waals surface area contributed by atoms with Gasteiger partial charge in [-0.25, -0.2) is 0 Å². The Balaban J connectivity index is 1.32. The first-order valence-corrected chi connectivity index (χ1v) is 10.2. The van der Waals surface area contributed by atoms with Gasteiger partial charge in [-0.15, -0.1) is 10.2 Å². The van der Waals surface area contributed by atoms with E-state index in [-0.39, 0.29) is 5.60 Å². The zero-order chi connectivity index (χ0) is 20.0. The van der Waals surface area contributed by atoms with E-state index in [9.17, 15) is 5.11 Å². The van der Waals surface area contributed by atoms with Crippen molar-refractivity contribution in [2.75, 3.05) is 13.1 Å². The van der Waals surface area contributed by atoms with Crippen molar-refractivity contribution in [1.82, 2.24) is 19.7 Å². The molecule has 2 atom stereocenters. The fourth-order valence-electron chi connectivity index (χ4n) is 4.45. The van der Waals surface area contributed by atoms with Crippen LogP contribution in [0.4, 0.5) is 0 Å². The first-order chi connectivity index (χ1) is 14.0. The van der Waals surface area contributed by atoms with E-state index < -0.39 is 6.10 Å². The number of hydrogen-bond acceptors (Lipinski definition) is 5. The number of para-hydroxylation sites is 1. The molecule has 3 aromatic rings. The number of benzene rings is 2. The molecule has 150 valence electrons. The van der Waals surface area contributed by atoms with Crippen LogP contribution in [0.3, 0.4) is 0 Å². The van der Waals surface area contributed by atoms with E-state index in [1.807, 2.05) is 60.1 Å². The largest absolute Gasteiger partial charge is 0.485 e. The molecule has 2 aromatic carbocycles. The van der Waals surface area contributed by atoms with Gasteiger partial charge in [-0.1, -0.05) is 29.8 Å². The molecule has 0 radical (unpaired) electrons. The minimum Gasteiger partial charge on any atom is -0.485 e. The first-order valence-electron chi connectivity index (χ1n) is 9.86. The molecule has 3 heterocycles. The average Bonchev–Trinajstić information content (AvgIpc) is 3.26. The van der Waals surface area contributed by atoms with Crippen LogP contribution in [-0.4, -0.2) is 43.5 Å². The van der Waals surface area contributed by atoms with Crippen LogP contribution in [0, 0.1) is 0 Å². The molecule has 0 amide bonds. The zero-order valence-electron chi connectivity index (χ0n) is 16.3. The average molecular weight is 411 g/mol. The summed E-state index contributed by atoms with van der Waals surface area (Å²) in [5.41, 5.74) is 1.53. The lowest BCUT2D eigenvalue weighted by molar-refractivity contribution is -0.00773. The Bertz CT molecular complexity index is 1040. The van der Waals surface area contributed by atoms with Crippen LogP contribution in [0.25, 0.3) is 11.4 Å². The van der Waals surface area contributed by atoms with Gasteiger partial charge in [0.2, 0.25) is 0 Å². The van der Waals surface area contributed by atoms with Crippen molar-refractivity contribution in [2.24, 2.45) is 7.05 Å². The monoisotopic (exact) mass is 410 g/mol. The van der Waals surface area contributed by atoms with Gasteiger partial charge in [-0.05, 0) is 30.3 Å². The van der Waals surface area contributed by atoms with E-state index in [4.69, 9.17) is 16.3 Å². The summed E-state index contributed by atoms with van der Waals surface area (Å²) in [7, 11) is 1.99. The van der Waals surface area contributed by atoms with Gasteiger partial charge in [-0.3, -0.25) is 4.90 Å². The molecule has 2 unspecified atom stereocenters. The highest BCUT2D eigenvalue weighted by molar-refractivity contribution is 6.30. The van der Waals surface area contributed by atoms with Gasteiger partial charge in [0.25, 0.3) is 0 Å². The molecule has 6 nitrogen and oxygen atoms in total. The Morgan fingerprint density at radius 1 is 1.17 bits per heavy atom. The fraction of sp³-hybridized carbons (Fsp3) is 0.364. The summed E-state index contributed by atoms with van der Waals surface area (Å²) < 4.78 is 8.41. The maximum Gasteiger partial charge on any atom is 0.163 e. The van der Waals surface area contributed by atoms with Crippen molar-refractivity contribution in [3.63, 3.8) is 0 Å². The van der Waals surface area contributed by atoms with Gasteiger partial charge >= 0.3 is 0 Å². The number of fused-ring (bicyclic) bond motifs is 1. The molecular weight excluding hydrogens is 388 g/mol. The molecule has 2 aliphatic rings. The van der Waals surface area contributed by atoms with E-state index in [0.717, 1.165) is 48.0 Å². The number of aromatic nitrogens is 3. The SMILES string of the molecule is Cn1c(CN2CCC3(CC(O)c4ccccc4O3)C2)nnc1-c1ccc(Cl)cc1. The second-order valence-electron chi connectivity index (χ2n) is 8.01. The predicted molar refractivity (Wildman–Crippen MR) is 111 cm³/mol. The molecule has 1 aromatic heterocycles. The number of rotatable bonds is 3. The smallest absolute Gasteiger partial charge is 0.163 e. The van der Waals surface area contributed by atoms with Crippen LogP contribution in [-0.2, 0) is 13.6 Å². The zero-order valence-corrected chi connectivity index (χ0v) is 17.0. The van der Waals surface area contributed by atoms with Crippen LogP contribution in [0.2, 0.25) is 5.02 Å². The summed E-state index contributed by atoms with van der Waals surface area (Å²) in [5, 5.41) is 20.1. The standard InChI is InChI=1S/C22H23ClN4O2/c1-26-20(24-25-21(26)15-6-8-16(23)9-7-15)13-27-11-10-22(14-27)12-18(28)17-4-2-3-5-19(17)29-22/h2-9,18,28H,10-14H2,1H3. The number of nitrogens with zero attached hydrogens (tertiary/aromatic N) is 4. The molecule has 1 fully saturated rings. The van der Waals surface area contributed by atoms with E-state index in [1.54, 1.807) is 0 Å². The third kappa shape index (κ3) is 3.41.